The summed E-state index contributed by atoms with van der Waals surface area (Å²) in [6.45, 7) is 1.55. The monoisotopic (exact) mass is 280 g/mol. The lowest BCUT2D eigenvalue weighted by Crippen LogP contribution is -2.41. The Bertz CT molecular complexity index is 526. The maximum atomic E-state index is 11.9. The van der Waals surface area contributed by atoms with Gasteiger partial charge in [0.05, 0.1) is 5.25 Å². The van der Waals surface area contributed by atoms with Crippen molar-refractivity contribution in [2.24, 2.45) is 0 Å². The van der Waals surface area contributed by atoms with E-state index in [4.69, 9.17) is 0 Å². The van der Waals surface area contributed by atoms with E-state index in [0.29, 0.717) is 6.54 Å². The van der Waals surface area contributed by atoms with Crippen molar-refractivity contribution in [3.63, 3.8) is 0 Å². The Hall–Kier alpha value is -1.07. The number of para-hydroxylation sites is 1. The summed E-state index contributed by atoms with van der Waals surface area (Å²) in [5, 5.41) is -0.126. The lowest BCUT2D eigenvalue weighted by molar-refractivity contribution is 0.566. The summed E-state index contributed by atoms with van der Waals surface area (Å²) in [5.74, 6) is 0. The molecule has 1 heterocycles. The number of rotatable bonds is 5. The van der Waals surface area contributed by atoms with Crippen LogP contribution in [0.1, 0.15) is 25.7 Å². The highest BCUT2D eigenvalue weighted by molar-refractivity contribution is 7.90. The van der Waals surface area contributed by atoms with E-state index in [-0.39, 0.29) is 11.3 Å². The van der Waals surface area contributed by atoms with Gasteiger partial charge in [0.1, 0.15) is 0 Å². The first-order valence-electron chi connectivity index (χ1n) is 6.97. The maximum Gasteiger partial charge on any atom is 0.214 e. The average molecular weight is 280 g/mol. The molecule has 3 rings (SSSR count). The third kappa shape index (κ3) is 2.92. The molecule has 1 atom stereocenters. The van der Waals surface area contributed by atoms with E-state index in [0.717, 1.165) is 32.2 Å². The van der Waals surface area contributed by atoms with Gasteiger partial charge in [0.15, 0.2) is 0 Å². The molecule has 1 saturated heterocycles. The van der Waals surface area contributed by atoms with Crippen LogP contribution in [0.15, 0.2) is 30.3 Å². The number of anilines is 1. The minimum atomic E-state index is -3.06. The van der Waals surface area contributed by atoms with Gasteiger partial charge in [-0.2, -0.15) is 0 Å². The number of sulfonamides is 1. The molecule has 0 unspecified atom stereocenters. The van der Waals surface area contributed by atoms with Crippen molar-refractivity contribution < 1.29 is 8.42 Å². The molecular formula is C14H20N2O2S. The van der Waals surface area contributed by atoms with Crippen LogP contribution >= 0.6 is 0 Å². The Morgan fingerprint density at radius 2 is 1.89 bits per heavy atom. The van der Waals surface area contributed by atoms with Gasteiger partial charge in [-0.05, 0) is 37.8 Å². The van der Waals surface area contributed by atoms with E-state index in [1.165, 1.54) is 5.69 Å². The Labute approximate surface area is 114 Å². The van der Waals surface area contributed by atoms with Crippen LogP contribution in [0.2, 0.25) is 0 Å². The van der Waals surface area contributed by atoms with E-state index in [1.807, 2.05) is 18.2 Å². The first-order chi connectivity index (χ1) is 9.17. The molecule has 2 aliphatic rings. The Balaban J connectivity index is 1.64. The van der Waals surface area contributed by atoms with Crippen LogP contribution < -0.4 is 9.62 Å². The zero-order valence-electron chi connectivity index (χ0n) is 11.0. The molecule has 1 saturated carbocycles. The summed E-state index contributed by atoms with van der Waals surface area (Å²) in [4.78, 5) is 2.31. The summed E-state index contributed by atoms with van der Waals surface area (Å²) < 4.78 is 26.5. The highest BCUT2D eigenvalue weighted by atomic mass is 32.2. The highest BCUT2D eigenvalue weighted by Crippen LogP contribution is 2.28. The summed E-state index contributed by atoms with van der Waals surface area (Å²) in [5.41, 5.74) is 1.19. The van der Waals surface area contributed by atoms with Gasteiger partial charge in [-0.15, -0.1) is 0 Å². The molecule has 104 valence electrons. The fraction of sp³-hybridized carbons (Fsp3) is 0.571. The summed E-state index contributed by atoms with van der Waals surface area (Å²) in [6.07, 6.45) is 3.83. The van der Waals surface area contributed by atoms with Crippen LogP contribution in [0.3, 0.4) is 0 Å². The lowest BCUT2D eigenvalue weighted by atomic mass is 10.2. The molecule has 1 aromatic rings. The van der Waals surface area contributed by atoms with Crippen molar-refractivity contribution in [3.8, 4) is 0 Å². The van der Waals surface area contributed by atoms with Gasteiger partial charge in [0.2, 0.25) is 10.0 Å². The second-order valence-corrected chi connectivity index (χ2v) is 7.46. The molecule has 1 N–H and O–H groups in total. The van der Waals surface area contributed by atoms with E-state index in [9.17, 15) is 8.42 Å². The fourth-order valence-electron chi connectivity index (χ4n) is 2.72. The van der Waals surface area contributed by atoms with Gasteiger partial charge in [-0.3, -0.25) is 0 Å². The molecule has 0 radical (unpaired) electrons. The first-order valence-corrected chi connectivity index (χ1v) is 8.51. The molecular weight excluding hydrogens is 260 g/mol. The van der Waals surface area contributed by atoms with Crippen molar-refractivity contribution in [2.75, 3.05) is 18.0 Å². The SMILES string of the molecule is O=S(=O)(NC[C@H]1CCCN1c1ccccc1)C1CC1. The number of hydrogen-bond donors (Lipinski definition) is 1. The molecule has 1 aliphatic carbocycles. The van der Waals surface area contributed by atoms with Crippen molar-refractivity contribution in [2.45, 2.75) is 37.0 Å². The normalized spacial score (nSPS) is 23.8. The van der Waals surface area contributed by atoms with Crippen molar-refractivity contribution in [1.82, 2.24) is 4.72 Å². The number of nitrogens with zero attached hydrogens (tertiary/aromatic N) is 1. The van der Waals surface area contributed by atoms with Crippen molar-refractivity contribution in [3.05, 3.63) is 30.3 Å². The van der Waals surface area contributed by atoms with Crippen molar-refractivity contribution in [1.29, 1.82) is 0 Å². The molecule has 0 spiro atoms. The van der Waals surface area contributed by atoms with Crippen LogP contribution in [0.5, 0.6) is 0 Å². The zero-order valence-corrected chi connectivity index (χ0v) is 11.8. The van der Waals surface area contributed by atoms with Gasteiger partial charge in [-0.1, -0.05) is 18.2 Å². The van der Waals surface area contributed by atoms with Gasteiger partial charge in [-0.25, -0.2) is 13.1 Å². The van der Waals surface area contributed by atoms with Crippen molar-refractivity contribution >= 4 is 15.7 Å². The number of benzene rings is 1. The van der Waals surface area contributed by atoms with Crippen LogP contribution in [-0.2, 0) is 10.0 Å². The minimum absolute atomic E-state index is 0.126. The summed E-state index contributed by atoms with van der Waals surface area (Å²) >= 11 is 0. The van der Waals surface area contributed by atoms with Crippen LogP contribution in [0, 0.1) is 0 Å². The van der Waals surface area contributed by atoms with E-state index in [1.54, 1.807) is 0 Å². The van der Waals surface area contributed by atoms with E-state index >= 15 is 0 Å². The molecule has 5 heteroatoms. The Morgan fingerprint density at radius 1 is 1.16 bits per heavy atom. The average Bonchev–Trinajstić information content (AvgIpc) is 3.18. The van der Waals surface area contributed by atoms with E-state index in [2.05, 4.69) is 21.8 Å². The largest absolute Gasteiger partial charge is 0.367 e. The predicted molar refractivity (Wildman–Crippen MR) is 76.8 cm³/mol. The molecule has 1 aromatic carbocycles. The molecule has 0 bridgehead atoms. The molecule has 1 aliphatic heterocycles. The molecule has 4 nitrogen and oxygen atoms in total. The zero-order chi connectivity index (χ0) is 13.3. The predicted octanol–water partition coefficient (Wildman–Crippen LogP) is 1.74. The quantitative estimate of drug-likeness (QED) is 0.894. The van der Waals surface area contributed by atoms with Crippen LogP contribution in [0.25, 0.3) is 0 Å². The number of nitrogens with one attached hydrogen (secondary N) is 1. The lowest BCUT2D eigenvalue weighted by Gasteiger charge is -2.27. The third-order valence-electron chi connectivity index (χ3n) is 3.95. The molecule has 19 heavy (non-hydrogen) atoms. The van der Waals surface area contributed by atoms with Crippen LogP contribution in [0.4, 0.5) is 5.69 Å². The summed E-state index contributed by atoms with van der Waals surface area (Å²) in [7, 11) is -3.06. The van der Waals surface area contributed by atoms with Gasteiger partial charge in [0.25, 0.3) is 0 Å². The first kappa shape index (κ1) is 12.9. The topological polar surface area (TPSA) is 49.4 Å². The third-order valence-corrected chi connectivity index (χ3v) is 5.87. The number of hydrogen-bond acceptors (Lipinski definition) is 3. The maximum absolute atomic E-state index is 11.9. The van der Waals surface area contributed by atoms with Gasteiger partial charge >= 0.3 is 0 Å². The molecule has 2 fully saturated rings. The van der Waals surface area contributed by atoms with Gasteiger partial charge < -0.3 is 4.90 Å². The van der Waals surface area contributed by atoms with Gasteiger partial charge in [0, 0.05) is 24.8 Å². The summed E-state index contributed by atoms with van der Waals surface area (Å²) in [6, 6.07) is 10.5. The fourth-order valence-corrected chi connectivity index (χ4v) is 4.13. The smallest absolute Gasteiger partial charge is 0.214 e. The standard InChI is InChI=1S/C14H20N2O2S/c17-19(18,14-8-9-14)15-11-13-7-4-10-16(13)12-5-2-1-3-6-12/h1-3,5-6,13-15H,4,7-11H2/t13-/m1/s1. The van der Waals surface area contributed by atoms with Crippen LogP contribution in [-0.4, -0.2) is 32.8 Å². The Morgan fingerprint density at radius 3 is 2.58 bits per heavy atom. The molecule has 0 aromatic heterocycles. The second kappa shape index (κ2) is 5.13. The Kier molecular flexibility index (Phi) is 3.50. The second-order valence-electron chi connectivity index (χ2n) is 5.42. The molecule has 0 amide bonds. The highest BCUT2D eigenvalue weighted by Gasteiger charge is 2.36. The minimum Gasteiger partial charge on any atom is -0.367 e. The van der Waals surface area contributed by atoms with E-state index < -0.39 is 10.0 Å².